The van der Waals surface area contributed by atoms with Crippen molar-refractivity contribution in [3.63, 3.8) is 0 Å². The summed E-state index contributed by atoms with van der Waals surface area (Å²) in [5, 5.41) is 1.51. The maximum Gasteiger partial charge on any atom is 0.154 e. The van der Waals surface area contributed by atoms with Gasteiger partial charge >= 0.3 is 0 Å². The summed E-state index contributed by atoms with van der Waals surface area (Å²) in [6, 6.07) is 8.81. The standard InChI is InChI=1S/C12H20BrNSi/c1-5-14(6-2)15(3,4)12-9-7-11(13)8-10-12/h7-10H,5-6H2,1-4H3. The fraction of sp³-hybridized carbons (Fsp3) is 0.500. The van der Waals surface area contributed by atoms with Gasteiger partial charge in [-0.1, -0.05) is 55.0 Å². The van der Waals surface area contributed by atoms with Gasteiger partial charge < -0.3 is 4.57 Å². The Bertz CT molecular complexity index is 304. The van der Waals surface area contributed by atoms with Crippen molar-refractivity contribution in [2.45, 2.75) is 26.9 Å². The molecular formula is C12H20BrNSi. The van der Waals surface area contributed by atoms with Gasteiger partial charge in [0.05, 0.1) is 0 Å². The molecule has 0 N–H and O–H groups in total. The lowest BCUT2D eigenvalue weighted by Gasteiger charge is -2.35. The van der Waals surface area contributed by atoms with Crippen molar-refractivity contribution in [3.05, 3.63) is 28.7 Å². The molecule has 0 aliphatic rings. The summed E-state index contributed by atoms with van der Waals surface area (Å²) in [6.45, 7) is 11.6. The topological polar surface area (TPSA) is 3.24 Å². The summed E-state index contributed by atoms with van der Waals surface area (Å²) in [7, 11) is -1.42. The van der Waals surface area contributed by atoms with Crippen molar-refractivity contribution in [3.8, 4) is 0 Å². The predicted octanol–water partition coefficient (Wildman–Crippen LogP) is 3.20. The van der Waals surface area contributed by atoms with Crippen LogP contribution < -0.4 is 5.19 Å². The molecule has 0 bridgehead atoms. The number of hydrogen-bond donors (Lipinski definition) is 0. The van der Waals surface area contributed by atoms with Gasteiger partial charge in [0, 0.05) is 4.47 Å². The van der Waals surface area contributed by atoms with Crippen LogP contribution in [0.15, 0.2) is 28.7 Å². The molecule has 0 atom stereocenters. The minimum Gasteiger partial charge on any atom is -0.321 e. The first-order chi connectivity index (χ1) is 7.02. The molecular weight excluding hydrogens is 266 g/mol. The molecule has 0 aliphatic carbocycles. The van der Waals surface area contributed by atoms with E-state index in [1.165, 1.54) is 5.19 Å². The second kappa shape index (κ2) is 5.28. The average Bonchev–Trinajstić information content (AvgIpc) is 2.19. The molecule has 0 aliphatic heterocycles. The van der Waals surface area contributed by atoms with Gasteiger partial charge in [-0.25, -0.2) is 0 Å². The summed E-state index contributed by atoms with van der Waals surface area (Å²) in [5.41, 5.74) is 0. The van der Waals surface area contributed by atoms with Crippen LogP contribution in [0.4, 0.5) is 0 Å². The third-order valence-electron chi connectivity index (χ3n) is 3.10. The van der Waals surface area contributed by atoms with Gasteiger partial charge in [-0.2, -0.15) is 0 Å². The second-order valence-corrected chi connectivity index (χ2v) is 9.48. The Balaban J connectivity index is 2.98. The molecule has 0 heterocycles. The third kappa shape index (κ3) is 2.92. The maximum atomic E-state index is 3.49. The van der Waals surface area contributed by atoms with Crippen molar-refractivity contribution >= 4 is 29.4 Å². The Labute approximate surface area is 103 Å². The van der Waals surface area contributed by atoms with Gasteiger partial charge in [0.25, 0.3) is 0 Å². The van der Waals surface area contributed by atoms with E-state index >= 15 is 0 Å². The van der Waals surface area contributed by atoms with E-state index in [1.54, 1.807) is 0 Å². The fourth-order valence-electron chi connectivity index (χ4n) is 2.05. The number of nitrogens with zero attached hydrogens (tertiary/aromatic N) is 1. The summed E-state index contributed by atoms with van der Waals surface area (Å²) in [4.78, 5) is 0. The Kier molecular flexibility index (Phi) is 4.56. The number of rotatable bonds is 4. The van der Waals surface area contributed by atoms with Gasteiger partial charge in [0.2, 0.25) is 0 Å². The summed E-state index contributed by atoms with van der Waals surface area (Å²) < 4.78 is 3.77. The Morgan fingerprint density at radius 3 is 1.93 bits per heavy atom. The molecule has 0 amide bonds. The first-order valence-electron chi connectivity index (χ1n) is 5.53. The van der Waals surface area contributed by atoms with E-state index < -0.39 is 8.24 Å². The zero-order chi connectivity index (χ0) is 11.5. The van der Waals surface area contributed by atoms with Gasteiger partial charge in [0.15, 0.2) is 8.24 Å². The lowest BCUT2D eigenvalue weighted by Crippen LogP contribution is -2.57. The van der Waals surface area contributed by atoms with Crippen LogP contribution in [-0.4, -0.2) is 25.9 Å². The number of hydrogen-bond acceptors (Lipinski definition) is 1. The smallest absolute Gasteiger partial charge is 0.154 e. The van der Waals surface area contributed by atoms with Crippen molar-refractivity contribution in [2.24, 2.45) is 0 Å². The molecule has 1 nitrogen and oxygen atoms in total. The monoisotopic (exact) mass is 285 g/mol. The van der Waals surface area contributed by atoms with Crippen LogP contribution >= 0.6 is 15.9 Å². The van der Waals surface area contributed by atoms with Crippen LogP contribution in [0.5, 0.6) is 0 Å². The van der Waals surface area contributed by atoms with Crippen molar-refractivity contribution in [1.82, 2.24) is 4.57 Å². The Morgan fingerprint density at radius 2 is 1.53 bits per heavy atom. The normalized spacial score (nSPS) is 12.1. The molecule has 0 unspecified atom stereocenters. The van der Waals surface area contributed by atoms with E-state index in [4.69, 9.17) is 0 Å². The molecule has 0 fully saturated rings. The van der Waals surface area contributed by atoms with E-state index in [9.17, 15) is 0 Å². The average molecular weight is 286 g/mol. The van der Waals surface area contributed by atoms with Crippen LogP contribution in [0.2, 0.25) is 13.1 Å². The molecule has 0 spiro atoms. The quantitative estimate of drug-likeness (QED) is 0.768. The third-order valence-corrected chi connectivity index (χ3v) is 7.59. The summed E-state index contributed by atoms with van der Waals surface area (Å²) in [5.74, 6) is 0. The molecule has 1 aromatic rings. The molecule has 0 saturated carbocycles. The largest absolute Gasteiger partial charge is 0.321 e. The van der Waals surface area contributed by atoms with Crippen LogP contribution in [0.3, 0.4) is 0 Å². The fourth-order valence-corrected chi connectivity index (χ4v) is 5.25. The van der Waals surface area contributed by atoms with Crippen LogP contribution in [0.25, 0.3) is 0 Å². The first-order valence-corrected chi connectivity index (χ1v) is 9.27. The van der Waals surface area contributed by atoms with Gasteiger partial charge in [-0.3, -0.25) is 0 Å². The van der Waals surface area contributed by atoms with E-state index in [0.29, 0.717) is 0 Å². The SMILES string of the molecule is CCN(CC)[Si](C)(C)c1ccc(Br)cc1. The van der Waals surface area contributed by atoms with Crippen molar-refractivity contribution in [2.75, 3.05) is 13.1 Å². The van der Waals surface area contributed by atoms with Gasteiger partial charge in [-0.05, 0) is 30.4 Å². The highest BCUT2D eigenvalue weighted by Crippen LogP contribution is 2.13. The van der Waals surface area contributed by atoms with E-state index in [-0.39, 0.29) is 0 Å². The highest BCUT2D eigenvalue weighted by Gasteiger charge is 2.29. The Morgan fingerprint density at radius 1 is 1.07 bits per heavy atom. The minimum atomic E-state index is -1.42. The molecule has 1 rings (SSSR count). The van der Waals surface area contributed by atoms with E-state index in [1.807, 2.05) is 0 Å². The van der Waals surface area contributed by atoms with Gasteiger partial charge in [0.1, 0.15) is 0 Å². The predicted molar refractivity (Wildman–Crippen MR) is 74.2 cm³/mol. The van der Waals surface area contributed by atoms with Gasteiger partial charge in [-0.15, -0.1) is 0 Å². The summed E-state index contributed by atoms with van der Waals surface area (Å²) in [6.07, 6.45) is 0. The summed E-state index contributed by atoms with van der Waals surface area (Å²) >= 11 is 3.49. The zero-order valence-electron chi connectivity index (χ0n) is 10.0. The molecule has 3 heteroatoms. The first kappa shape index (κ1) is 12.9. The highest BCUT2D eigenvalue weighted by molar-refractivity contribution is 9.10. The maximum absolute atomic E-state index is 3.49. The zero-order valence-corrected chi connectivity index (χ0v) is 12.6. The molecule has 15 heavy (non-hydrogen) atoms. The molecule has 84 valence electrons. The highest BCUT2D eigenvalue weighted by atomic mass is 79.9. The molecule has 1 aromatic carbocycles. The lowest BCUT2D eigenvalue weighted by molar-refractivity contribution is 0.474. The number of halogens is 1. The molecule has 0 saturated heterocycles. The second-order valence-electron chi connectivity index (χ2n) is 4.24. The van der Waals surface area contributed by atoms with Crippen molar-refractivity contribution < 1.29 is 0 Å². The number of benzene rings is 1. The van der Waals surface area contributed by atoms with Crippen LogP contribution in [-0.2, 0) is 0 Å². The van der Waals surface area contributed by atoms with E-state index in [2.05, 4.69) is 71.7 Å². The van der Waals surface area contributed by atoms with E-state index in [0.717, 1.165) is 17.6 Å². The minimum absolute atomic E-state index is 1.14. The van der Waals surface area contributed by atoms with Crippen LogP contribution in [0, 0.1) is 0 Å². The lowest BCUT2D eigenvalue weighted by atomic mass is 10.4. The van der Waals surface area contributed by atoms with Crippen molar-refractivity contribution in [1.29, 1.82) is 0 Å². The molecule has 0 aromatic heterocycles. The van der Waals surface area contributed by atoms with Crippen LogP contribution in [0.1, 0.15) is 13.8 Å². The Hall–Kier alpha value is -0.123. The molecule has 0 radical (unpaired) electrons.